The summed E-state index contributed by atoms with van der Waals surface area (Å²) >= 11 is 1.55. The lowest BCUT2D eigenvalue weighted by atomic mass is 9.81. The summed E-state index contributed by atoms with van der Waals surface area (Å²) < 4.78 is 0. The number of carboxylic acid groups (broad SMARTS) is 1. The Labute approximate surface area is 138 Å². The summed E-state index contributed by atoms with van der Waals surface area (Å²) in [5.41, 5.74) is 0.857. The molecule has 1 saturated carbocycles. The summed E-state index contributed by atoms with van der Waals surface area (Å²) in [5, 5.41) is 15.2. The van der Waals surface area contributed by atoms with Crippen molar-refractivity contribution in [3.05, 3.63) is 28.3 Å². The fraction of sp³-hybridized carbons (Fsp3) is 0.438. The van der Waals surface area contributed by atoms with E-state index in [4.69, 9.17) is 0 Å². The number of aromatic nitrogens is 2. The van der Waals surface area contributed by atoms with Crippen LogP contribution in [0.1, 0.15) is 47.6 Å². The van der Waals surface area contributed by atoms with Crippen LogP contribution in [0.15, 0.2) is 17.6 Å². The molecule has 3 N–H and O–H groups in total. The Morgan fingerprint density at radius 2 is 2.09 bits per heavy atom. The number of carbonyl (C=O) groups is 2. The Bertz CT molecular complexity index is 729. The van der Waals surface area contributed by atoms with Crippen LogP contribution in [0.4, 0.5) is 0 Å². The van der Waals surface area contributed by atoms with Crippen LogP contribution in [0.5, 0.6) is 0 Å². The number of rotatable bonds is 4. The molecule has 1 fully saturated rings. The molecular weight excluding hydrogens is 314 g/mol. The van der Waals surface area contributed by atoms with Crippen molar-refractivity contribution in [1.29, 1.82) is 0 Å². The molecule has 23 heavy (non-hydrogen) atoms. The third-order valence-corrected chi connectivity index (χ3v) is 5.09. The number of aromatic amines is 1. The van der Waals surface area contributed by atoms with Gasteiger partial charge in [-0.15, -0.1) is 11.3 Å². The van der Waals surface area contributed by atoms with Crippen LogP contribution >= 0.6 is 11.3 Å². The number of aliphatic carboxylic acids is 1. The minimum Gasteiger partial charge on any atom is -0.480 e. The van der Waals surface area contributed by atoms with Crippen molar-refractivity contribution >= 4 is 23.2 Å². The second kappa shape index (κ2) is 6.16. The number of carbonyl (C=O) groups excluding carboxylic acids is 1. The number of amides is 1. The van der Waals surface area contributed by atoms with Crippen LogP contribution in [-0.4, -0.2) is 32.5 Å². The molecule has 3 rings (SSSR count). The van der Waals surface area contributed by atoms with Crippen molar-refractivity contribution in [3.63, 3.8) is 0 Å². The fourth-order valence-electron chi connectivity index (χ4n) is 3.00. The van der Waals surface area contributed by atoms with Gasteiger partial charge in [0.25, 0.3) is 5.91 Å². The first-order chi connectivity index (χ1) is 11.0. The van der Waals surface area contributed by atoms with Gasteiger partial charge in [-0.1, -0.05) is 19.3 Å². The first-order valence-corrected chi connectivity index (χ1v) is 8.55. The van der Waals surface area contributed by atoms with Gasteiger partial charge in [0.1, 0.15) is 11.2 Å². The number of hydrogen-bond donors (Lipinski definition) is 3. The van der Waals surface area contributed by atoms with Gasteiger partial charge < -0.3 is 15.4 Å². The van der Waals surface area contributed by atoms with E-state index in [1.54, 1.807) is 23.6 Å². The van der Waals surface area contributed by atoms with Gasteiger partial charge >= 0.3 is 5.97 Å². The molecule has 122 valence electrons. The van der Waals surface area contributed by atoms with Crippen molar-refractivity contribution in [2.45, 2.75) is 44.6 Å². The van der Waals surface area contributed by atoms with Crippen molar-refractivity contribution in [1.82, 2.24) is 15.3 Å². The quantitative estimate of drug-likeness (QED) is 0.801. The van der Waals surface area contributed by atoms with Crippen molar-refractivity contribution in [3.8, 4) is 11.3 Å². The number of nitrogens with one attached hydrogen (secondary N) is 2. The SMILES string of the molecule is Cc1nc(-c2c[nH]c(C(=O)NC3(C(=O)O)CCCCC3)c2)cs1. The first kappa shape index (κ1) is 15.7. The maximum atomic E-state index is 12.4. The van der Waals surface area contributed by atoms with Gasteiger partial charge in [-0.3, -0.25) is 4.79 Å². The number of hydrogen-bond acceptors (Lipinski definition) is 4. The van der Waals surface area contributed by atoms with Gasteiger partial charge in [-0.25, -0.2) is 9.78 Å². The molecule has 2 heterocycles. The van der Waals surface area contributed by atoms with Gasteiger partial charge in [0, 0.05) is 17.1 Å². The predicted molar refractivity (Wildman–Crippen MR) is 87.6 cm³/mol. The maximum Gasteiger partial charge on any atom is 0.329 e. The summed E-state index contributed by atoms with van der Waals surface area (Å²) in [4.78, 5) is 31.4. The lowest BCUT2D eigenvalue weighted by Crippen LogP contribution is -2.55. The zero-order chi connectivity index (χ0) is 16.4. The molecule has 0 radical (unpaired) electrons. The largest absolute Gasteiger partial charge is 0.480 e. The van der Waals surface area contributed by atoms with Crippen LogP contribution in [0.2, 0.25) is 0 Å². The van der Waals surface area contributed by atoms with E-state index in [0.717, 1.165) is 35.5 Å². The highest BCUT2D eigenvalue weighted by Crippen LogP contribution is 2.29. The molecule has 0 atom stereocenters. The first-order valence-electron chi connectivity index (χ1n) is 7.67. The molecular formula is C16H19N3O3S. The zero-order valence-electron chi connectivity index (χ0n) is 12.9. The average Bonchev–Trinajstić information content (AvgIpc) is 3.16. The highest BCUT2D eigenvalue weighted by molar-refractivity contribution is 7.09. The lowest BCUT2D eigenvalue weighted by molar-refractivity contribution is -0.145. The van der Waals surface area contributed by atoms with E-state index in [1.807, 2.05) is 12.3 Å². The number of H-pyrrole nitrogens is 1. The predicted octanol–water partition coefficient (Wildman–Crippen LogP) is 2.96. The minimum atomic E-state index is -1.14. The maximum absolute atomic E-state index is 12.4. The molecule has 7 heteroatoms. The van der Waals surface area contributed by atoms with Crippen LogP contribution in [0.3, 0.4) is 0 Å². The molecule has 1 amide bonds. The normalized spacial score (nSPS) is 16.9. The highest BCUT2D eigenvalue weighted by atomic mass is 32.1. The van der Waals surface area contributed by atoms with Crippen LogP contribution in [-0.2, 0) is 4.79 Å². The highest BCUT2D eigenvalue weighted by Gasteiger charge is 2.41. The zero-order valence-corrected chi connectivity index (χ0v) is 13.7. The fourth-order valence-corrected chi connectivity index (χ4v) is 3.62. The summed E-state index contributed by atoms with van der Waals surface area (Å²) in [6, 6.07) is 1.71. The second-order valence-electron chi connectivity index (χ2n) is 5.96. The van der Waals surface area contributed by atoms with E-state index in [1.165, 1.54) is 0 Å². The Morgan fingerprint density at radius 3 is 2.70 bits per heavy atom. The monoisotopic (exact) mass is 333 g/mol. The number of nitrogens with zero attached hydrogens (tertiary/aromatic N) is 1. The third kappa shape index (κ3) is 3.14. The molecule has 0 bridgehead atoms. The van der Waals surface area contributed by atoms with E-state index in [0.29, 0.717) is 18.5 Å². The number of carboxylic acids is 1. The molecule has 0 saturated heterocycles. The second-order valence-corrected chi connectivity index (χ2v) is 7.02. The number of aryl methyl sites for hydroxylation is 1. The van der Waals surface area contributed by atoms with Gasteiger partial charge in [-0.2, -0.15) is 0 Å². The van der Waals surface area contributed by atoms with Gasteiger partial charge in [0.15, 0.2) is 0 Å². The topological polar surface area (TPSA) is 95.1 Å². The van der Waals surface area contributed by atoms with E-state index in [2.05, 4.69) is 15.3 Å². The molecule has 1 aliphatic rings. The molecule has 1 aliphatic carbocycles. The molecule has 2 aromatic heterocycles. The van der Waals surface area contributed by atoms with Crippen LogP contribution in [0, 0.1) is 6.92 Å². The summed E-state index contributed by atoms with van der Waals surface area (Å²) in [5.74, 6) is -1.33. The third-order valence-electron chi connectivity index (χ3n) is 4.31. The molecule has 2 aromatic rings. The molecule has 0 aromatic carbocycles. The van der Waals surface area contributed by atoms with Crippen molar-refractivity contribution in [2.75, 3.05) is 0 Å². The Morgan fingerprint density at radius 1 is 1.35 bits per heavy atom. The Balaban J connectivity index is 1.78. The Hall–Kier alpha value is -2.15. The van der Waals surface area contributed by atoms with Gasteiger partial charge in [0.05, 0.1) is 10.7 Å². The van der Waals surface area contributed by atoms with E-state index in [-0.39, 0.29) is 5.91 Å². The summed E-state index contributed by atoms with van der Waals surface area (Å²) in [6.45, 7) is 1.92. The Kier molecular flexibility index (Phi) is 4.21. The molecule has 0 spiro atoms. The average molecular weight is 333 g/mol. The number of thiazole rings is 1. The standard InChI is InChI=1S/C16H19N3O3S/c1-10-18-13(9-23-10)11-7-12(17-8-11)14(20)19-16(15(21)22)5-3-2-4-6-16/h7-9,17H,2-6H2,1H3,(H,19,20)(H,21,22). The van der Waals surface area contributed by atoms with E-state index < -0.39 is 11.5 Å². The van der Waals surface area contributed by atoms with E-state index >= 15 is 0 Å². The molecule has 0 aliphatic heterocycles. The van der Waals surface area contributed by atoms with E-state index in [9.17, 15) is 14.7 Å². The molecule has 0 unspecified atom stereocenters. The smallest absolute Gasteiger partial charge is 0.329 e. The van der Waals surface area contributed by atoms with Crippen LogP contribution in [0.25, 0.3) is 11.3 Å². The lowest BCUT2D eigenvalue weighted by Gasteiger charge is -2.33. The summed E-state index contributed by atoms with van der Waals surface area (Å²) in [6.07, 6.45) is 5.33. The summed E-state index contributed by atoms with van der Waals surface area (Å²) in [7, 11) is 0. The van der Waals surface area contributed by atoms with Gasteiger partial charge in [-0.05, 0) is 25.8 Å². The van der Waals surface area contributed by atoms with Crippen molar-refractivity contribution in [2.24, 2.45) is 0 Å². The minimum absolute atomic E-state index is 0.358. The molecule has 6 nitrogen and oxygen atoms in total. The van der Waals surface area contributed by atoms with Crippen molar-refractivity contribution < 1.29 is 14.7 Å². The van der Waals surface area contributed by atoms with Crippen LogP contribution < -0.4 is 5.32 Å². The van der Waals surface area contributed by atoms with Gasteiger partial charge in [0.2, 0.25) is 0 Å².